The molecule has 20 heavy (non-hydrogen) atoms. The molecule has 0 bridgehead atoms. The van der Waals surface area contributed by atoms with Crippen LogP contribution < -0.4 is 10.2 Å². The van der Waals surface area contributed by atoms with Crippen LogP contribution in [0.15, 0.2) is 24.3 Å². The van der Waals surface area contributed by atoms with E-state index in [1.54, 1.807) is 24.3 Å². The van der Waals surface area contributed by atoms with E-state index in [4.69, 9.17) is 12.2 Å². The zero-order valence-electron chi connectivity index (χ0n) is 10.9. The first-order chi connectivity index (χ1) is 9.37. The maximum Gasteiger partial charge on any atom is 0.174 e. The minimum absolute atomic E-state index is 0.00000541. The average Bonchev–Trinajstić information content (AvgIpc) is 2.79. The Hall–Kier alpha value is -1.47. The van der Waals surface area contributed by atoms with Crippen LogP contribution in [0.3, 0.4) is 0 Å². The molecule has 1 N–H and O–H groups in total. The van der Waals surface area contributed by atoms with E-state index >= 15 is 0 Å². The van der Waals surface area contributed by atoms with Crippen molar-refractivity contribution in [2.75, 3.05) is 16.4 Å². The molecule has 5 nitrogen and oxygen atoms in total. The van der Waals surface area contributed by atoms with Crippen molar-refractivity contribution in [2.24, 2.45) is 0 Å². The van der Waals surface area contributed by atoms with E-state index in [9.17, 15) is 13.2 Å². The second kappa shape index (κ2) is 4.53. The maximum atomic E-state index is 11.7. The summed E-state index contributed by atoms with van der Waals surface area (Å²) in [7, 11) is -3.01. The Kier molecular flexibility index (Phi) is 3.06. The molecule has 106 valence electrons. The fourth-order valence-corrected chi connectivity index (χ4v) is 5.05. The summed E-state index contributed by atoms with van der Waals surface area (Å²) < 4.78 is 23.4. The largest absolute Gasteiger partial charge is 0.356 e. The van der Waals surface area contributed by atoms with Gasteiger partial charge >= 0.3 is 0 Å². The van der Waals surface area contributed by atoms with Crippen LogP contribution in [0.25, 0.3) is 0 Å². The van der Waals surface area contributed by atoms with Gasteiger partial charge in [0.2, 0.25) is 0 Å². The molecule has 2 saturated heterocycles. The lowest BCUT2D eigenvalue weighted by molar-refractivity contribution is 0.101. The minimum Gasteiger partial charge on any atom is -0.356 e. The van der Waals surface area contributed by atoms with Gasteiger partial charge in [-0.1, -0.05) is 0 Å². The molecule has 1 aromatic rings. The number of anilines is 1. The molecule has 0 saturated carbocycles. The van der Waals surface area contributed by atoms with Crippen molar-refractivity contribution in [1.29, 1.82) is 0 Å². The van der Waals surface area contributed by atoms with E-state index < -0.39 is 9.84 Å². The lowest BCUT2D eigenvalue weighted by Gasteiger charge is -2.23. The highest BCUT2D eigenvalue weighted by Gasteiger charge is 2.47. The normalized spacial score (nSPS) is 27.2. The van der Waals surface area contributed by atoms with Gasteiger partial charge in [0.1, 0.15) is 0 Å². The van der Waals surface area contributed by atoms with E-state index in [2.05, 4.69) is 5.32 Å². The summed E-state index contributed by atoms with van der Waals surface area (Å²) in [6.07, 6.45) is 0. The molecule has 0 aromatic heterocycles. The van der Waals surface area contributed by atoms with Crippen LogP contribution in [0.2, 0.25) is 0 Å². The smallest absolute Gasteiger partial charge is 0.174 e. The van der Waals surface area contributed by atoms with Crippen molar-refractivity contribution < 1.29 is 13.2 Å². The van der Waals surface area contributed by atoms with E-state index in [0.29, 0.717) is 10.7 Å². The molecule has 7 heteroatoms. The van der Waals surface area contributed by atoms with E-state index in [1.165, 1.54) is 6.92 Å². The third-order valence-corrected chi connectivity index (χ3v) is 5.76. The topological polar surface area (TPSA) is 66.5 Å². The van der Waals surface area contributed by atoms with Crippen molar-refractivity contribution in [3.63, 3.8) is 0 Å². The number of benzene rings is 1. The number of nitrogens with one attached hydrogen (secondary N) is 1. The summed E-state index contributed by atoms with van der Waals surface area (Å²) in [6, 6.07) is 6.78. The van der Waals surface area contributed by atoms with Crippen LogP contribution in [0.4, 0.5) is 5.69 Å². The molecule has 0 unspecified atom stereocenters. The van der Waals surface area contributed by atoms with Gasteiger partial charge in [-0.25, -0.2) is 8.42 Å². The molecule has 0 amide bonds. The van der Waals surface area contributed by atoms with Gasteiger partial charge in [-0.15, -0.1) is 0 Å². The van der Waals surface area contributed by atoms with E-state index in [0.717, 1.165) is 5.69 Å². The fourth-order valence-electron chi connectivity index (χ4n) is 2.77. The third-order valence-electron chi connectivity index (χ3n) is 3.73. The van der Waals surface area contributed by atoms with Crippen LogP contribution in [0, 0.1) is 0 Å². The third kappa shape index (κ3) is 2.20. The molecule has 2 aliphatic rings. The highest BCUT2D eigenvalue weighted by atomic mass is 32.2. The number of carbonyl (C=O) groups excluding carboxylic acids is 1. The van der Waals surface area contributed by atoms with Crippen LogP contribution in [0.1, 0.15) is 17.3 Å². The summed E-state index contributed by atoms with van der Waals surface area (Å²) in [5.41, 5.74) is 1.44. The Morgan fingerprint density at radius 2 is 1.95 bits per heavy atom. The number of rotatable bonds is 2. The van der Waals surface area contributed by atoms with Crippen molar-refractivity contribution in [2.45, 2.75) is 19.0 Å². The van der Waals surface area contributed by atoms with Gasteiger partial charge in [-0.2, -0.15) is 0 Å². The molecule has 2 atom stereocenters. The predicted octanol–water partition coefficient (Wildman–Crippen LogP) is 0.749. The van der Waals surface area contributed by atoms with Gasteiger partial charge in [0.05, 0.1) is 23.6 Å². The lowest BCUT2D eigenvalue weighted by Crippen LogP contribution is -2.36. The summed E-state index contributed by atoms with van der Waals surface area (Å²) in [6.45, 7) is 1.51. The molecule has 0 aliphatic carbocycles. The number of hydrogen-bond acceptors (Lipinski definition) is 4. The highest BCUT2D eigenvalue weighted by Crippen LogP contribution is 2.29. The zero-order chi connectivity index (χ0) is 14.5. The Labute approximate surface area is 122 Å². The fraction of sp³-hybridized carbons (Fsp3) is 0.385. The summed E-state index contributed by atoms with van der Waals surface area (Å²) in [5.74, 6) is 0.235. The van der Waals surface area contributed by atoms with Gasteiger partial charge in [-0.3, -0.25) is 4.79 Å². The number of carbonyl (C=O) groups is 1. The standard InChI is InChI=1S/C13H14N2O3S2/c1-8(16)9-2-4-10(5-3-9)15-12-7-20(17,18)6-11(12)14-13(15)19/h2-5,11-12H,6-7H2,1H3,(H,14,19)/t11-,12-/m1/s1. The second-order valence-electron chi connectivity index (χ2n) is 5.17. The number of nitrogens with zero attached hydrogens (tertiary/aromatic N) is 1. The molecule has 1 aromatic carbocycles. The van der Waals surface area contributed by atoms with Crippen molar-refractivity contribution in [3.05, 3.63) is 29.8 Å². The molecule has 2 heterocycles. The predicted molar refractivity (Wildman–Crippen MR) is 80.9 cm³/mol. The summed E-state index contributed by atoms with van der Waals surface area (Å²) >= 11 is 5.29. The summed E-state index contributed by atoms with van der Waals surface area (Å²) in [4.78, 5) is 13.1. The molecule has 2 aliphatic heterocycles. The molecule has 0 spiro atoms. The number of ketones is 1. The zero-order valence-corrected chi connectivity index (χ0v) is 12.5. The monoisotopic (exact) mass is 310 g/mol. The van der Waals surface area contributed by atoms with Crippen LogP contribution >= 0.6 is 12.2 Å². The van der Waals surface area contributed by atoms with E-state index in [1.807, 2.05) is 4.90 Å². The molecule has 2 fully saturated rings. The second-order valence-corrected chi connectivity index (χ2v) is 7.71. The average molecular weight is 310 g/mol. The van der Waals surface area contributed by atoms with Crippen molar-refractivity contribution in [1.82, 2.24) is 5.32 Å². The summed E-state index contributed by atoms with van der Waals surface area (Å²) in [5, 5.41) is 3.62. The Balaban J connectivity index is 1.93. The first-order valence-electron chi connectivity index (χ1n) is 6.28. The molecule has 0 radical (unpaired) electrons. The van der Waals surface area contributed by atoms with Gasteiger partial charge in [0.15, 0.2) is 20.7 Å². The number of thiocarbonyl (C=S) groups is 1. The van der Waals surface area contributed by atoms with Gasteiger partial charge < -0.3 is 10.2 Å². The first kappa shape index (κ1) is 13.5. The SMILES string of the molecule is CC(=O)c1ccc(N2C(=S)N[C@@H]3CS(=O)(=O)C[C@H]32)cc1. The highest BCUT2D eigenvalue weighted by molar-refractivity contribution is 7.91. The van der Waals surface area contributed by atoms with Gasteiger partial charge in [0.25, 0.3) is 0 Å². The minimum atomic E-state index is -3.01. The molecular formula is C13H14N2O3S2. The van der Waals surface area contributed by atoms with Crippen LogP contribution in [0.5, 0.6) is 0 Å². The Morgan fingerprint density at radius 3 is 2.55 bits per heavy atom. The Bertz CT molecular complexity index is 682. The van der Waals surface area contributed by atoms with Crippen molar-refractivity contribution in [3.8, 4) is 0 Å². The first-order valence-corrected chi connectivity index (χ1v) is 8.51. The molecular weight excluding hydrogens is 296 g/mol. The number of fused-ring (bicyclic) bond motifs is 1. The van der Waals surface area contributed by atoms with E-state index in [-0.39, 0.29) is 29.4 Å². The number of hydrogen-bond donors (Lipinski definition) is 1. The van der Waals surface area contributed by atoms with Gasteiger partial charge in [-0.05, 0) is 43.4 Å². The quantitative estimate of drug-likeness (QED) is 0.642. The number of sulfone groups is 1. The Morgan fingerprint density at radius 1 is 1.30 bits per heavy atom. The van der Waals surface area contributed by atoms with Crippen LogP contribution in [-0.2, 0) is 9.84 Å². The number of Topliss-reactive ketones (excluding diaryl/α,β-unsaturated/α-hetero) is 1. The maximum absolute atomic E-state index is 11.7. The molecule has 3 rings (SSSR count). The van der Waals surface area contributed by atoms with Crippen LogP contribution in [-0.4, -0.2) is 42.9 Å². The lowest BCUT2D eigenvalue weighted by atomic mass is 10.1. The van der Waals surface area contributed by atoms with Crippen molar-refractivity contribution >= 4 is 38.6 Å². The van der Waals surface area contributed by atoms with Gasteiger partial charge in [0, 0.05) is 11.3 Å².